The van der Waals surface area contributed by atoms with Gasteiger partial charge in [-0.2, -0.15) is 11.8 Å². The van der Waals surface area contributed by atoms with Crippen LogP contribution in [0.4, 0.5) is 4.79 Å². The predicted molar refractivity (Wildman–Crippen MR) is 84.5 cm³/mol. The maximum absolute atomic E-state index is 12.6. The highest BCUT2D eigenvalue weighted by Crippen LogP contribution is 2.32. The molecule has 0 bridgehead atoms. The lowest BCUT2D eigenvalue weighted by atomic mass is 9.92. The van der Waals surface area contributed by atoms with Gasteiger partial charge in [0.1, 0.15) is 12.1 Å². The largest absolute Gasteiger partial charge is 0.341 e. The molecule has 3 aliphatic heterocycles. The molecule has 1 N–H and O–H groups in total. The zero-order valence-electron chi connectivity index (χ0n) is 13.0. The number of amides is 4. The fourth-order valence-electron chi connectivity index (χ4n) is 3.53. The molecule has 4 amide bonds. The molecule has 122 valence electrons. The van der Waals surface area contributed by atoms with Crippen LogP contribution in [-0.4, -0.2) is 64.3 Å². The average Bonchev–Trinajstić information content (AvgIpc) is 2.72. The van der Waals surface area contributed by atoms with E-state index in [9.17, 15) is 14.4 Å². The Morgan fingerprint density at radius 2 is 2.09 bits per heavy atom. The van der Waals surface area contributed by atoms with Crippen LogP contribution in [0.25, 0.3) is 0 Å². The molecule has 3 rings (SSSR count). The molecular weight excluding hydrogens is 302 g/mol. The number of urea groups is 1. The highest BCUT2D eigenvalue weighted by atomic mass is 32.2. The highest BCUT2D eigenvalue weighted by Gasteiger charge is 2.52. The topological polar surface area (TPSA) is 69.7 Å². The van der Waals surface area contributed by atoms with Crippen molar-refractivity contribution in [2.45, 2.75) is 38.1 Å². The van der Waals surface area contributed by atoms with E-state index in [4.69, 9.17) is 0 Å². The summed E-state index contributed by atoms with van der Waals surface area (Å²) in [4.78, 5) is 40.1. The van der Waals surface area contributed by atoms with Crippen molar-refractivity contribution in [1.29, 1.82) is 0 Å². The van der Waals surface area contributed by atoms with Gasteiger partial charge in [-0.1, -0.05) is 6.92 Å². The number of hydrogen-bond acceptors (Lipinski definition) is 4. The van der Waals surface area contributed by atoms with Crippen LogP contribution in [0.15, 0.2) is 0 Å². The summed E-state index contributed by atoms with van der Waals surface area (Å²) in [6.45, 7) is 3.47. The molecule has 3 aliphatic rings. The van der Waals surface area contributed by atoms with Gasteiger partial charge in [-0.3, -0.25) is 14.5 Å². The van der Waals surface area contributed by atoms with Crippen molar-refractivity contribution >= 4 is 29.6 Å². The number of likely N-dealkylation sites (tertiary alicyclic amines) is 1. The Kier molecular flexibility index (Phi) is 4.34. The standard InChI is InChI=1S/C15H23N3O3S/c1-11-3-2-6-17(9-11)12(19)10-18-13(20)15(16-14(18)21)4-7-22-8-5-15/h11H,2-10H2,1H3,(H,16,21). The first-order valence-electron chi connectivity index (χ1n) is 8.01. The van der Waals surface area contributed by atoms with Gasteiger partial charge in [0, 0.05) is 13.1 Å². The lowest BCUT2D eigenvalue weighted by Gasteiger charge is -2.32. The number of rotatable bonds is 2. The number of piperidine rings is 1. The van der Waals surface area contributed by atoms with E-state index in [2.05, 4.69) is 12.2 Å². The van der Waals surface area contributed by atoms with Gasteiger partial charge in [-0.25, -0.2) is 4.79 Å². The lowest BCUT2D eigenvalue weighted by Crippen LogP contribution is -2.50. The van der Waals surface area contributed by atoms with Crippen LogP contribution in [0.1, 0.15) is 32.6 Å². The molecule has 3 heterocycles. The van der Waals surface area contributed by atoms with Crippen molar-refractivity contribution in [1.82, 2.24) is 15.1 Å². The fraction of sp³-hybridized carbons (Fsp3) is 0.800. The van der Waals surface area contributed by atoms with E-state index in [0.29, 0.717) is 18.8 Å². The molecule has 1 spiro atoms. The molecule has 7 heteroatoms. The van der Waals surface area contributed by atoms with Crippen LogP contribution in [-0.2, 0) is 9.59 Å². The molecule has 0 aliphatic carbocycles. The summed E-state index contributed by atoms with van der Waals surface area (Å²) in [5.74, 6) is 1.91. The smallest absolute Gasteiger partial charge is 0.325 e. The maximum atomic E-state index is 12.6. The quantitative estimate of drug-likeness (QED) is 0.771. The molecule has 0 aromatic heterocycles. The molecular formula is C15H23N3O3S. The van der Waals surface area contributed by atoms with Crippen molar-refractivity contribution in [2.24, 2.45) is 5.92 Å². The van der Waals surface area contributed by atoms with Gasteiger partial charge in [0.15, 0.2) is 0 Å². The van der Waals surface area contributed by atoms with Crippen LogP contribution < -0.4 is 5.32 Å². The molecule has 0 aromatic carbocycles. The van der Waals surface area contributed by atoms with Crippen LogP contribution in [0.2, 0.25) is 0 Å². The molecule has 22 heavy (non-hydrogen) atoms. The van der Waals surface area contributed by atoms with Crippen molar-refractivity contribution < 1.29 is 14.4 Å². The van der Waals surface area contributed by atoms with Gasteiger partial charge in [-0.15, -0.1) is 0 Å². The van der Waals surface area contributed by atoms with Gasteiger partial charge in [0.2, 0.25) is 5.91 Å². The van der Waals surface area contributed by atoms with E-state index >= 15 is 0 Å². The van der Waals surface area contributed by atoms with E-state index in [1.54, 1.807) is 16.7 Å². The minimum absolute atomic E-state index is 0.114. The Morgan fingerprint density at radius 3 is 2.77 bits per heavy atom. The first-order valence-corrected chi connectivity index (χ1v) is 9.17. The van der Waals surface area contributed by atoms with E-state index in [-0.39, 0.29) is 18.4 Å². The summed E-state index contributed by atoms with van der Waals surface area (Å²) in [6, 6.07) is -0.407. The Hall–Kier alpha value is -1.24. The second-order valence-electron chi connectivity index (χ2n) is 6.60. The monoisotopic (exact) mass is 325 g/mol. The summed E-state index contributed by atoms with van der Waals surface area (Å²) in [5.41, 5.74) is -0.752. The number of carbonyl (C=O) groups excluding carboxylic acids is 3. The number of hydrogen-bond donors (Lipinski definition) is 1. The van der Waals surface area contributed by atoms with Gasteiger partial charge >= 0.3 is 6.03 Å². The minimum Gasteiger partial charge on any atom is -0.341 e. The number of nitrogens with zero attached hydrogens (tertiary/aromatic N) is 2. The summed E-state index contributed by atoms with van der Waals surface area (Å²) in [5, 5.41) is 2.84. The molecule has 6 nitrogen and oxygen atoms in total. The third-order valence-corrected chi connectivity index (χ3v) is 5.88. The van der Waals surface area contributed by atoms with E-state index in [1.807, 2.05) is 0 Å². The normalized spacial score (nSPS) is 28.1. The van der Waals surface area contributed by atoms with E-state index in [0.717, 1.165) is 42.3 Å². The molecule has 0 aromatic rings. The highest BCUT2D eigenvalue weighted by molar-refractivity contribution is 7.99. The van der Waals surface area contributed by atoms with E-state index in [1.165, 1.54) is 0 Å². The summed E-state index contributed by atoms with van der Waals surface area (Å²) < 4.78 is 0. The molecule has 3 fully saturated rings. The Bertz CT molecular complexity index is 490. The van der Waals surface area contributed by atoms with E-state index < -0.39 is 11.6 Å². The van der Waals surface area contributed by atoms with Crippen LogP contribution in [0.3, 0.4) is 0 Å². The van der Waals surface area contributed by atoms with Crippen LogP contribution >= 0.6 is 11.8 Å². The predicted octanol–water partition coefficient (Wildman–Crippen LogP) is 1.06. The third kappa shape index (κ3) is 2.83. The summed E-state index contributed by atoms with van der Waals surface area (Å²) in [6.07, 6.45) is 3.45. The first-order chi connectivity index (χ1) is 10.5. The van der Waals surface area contributed by atoms with Gasteiger partial charge in [0.05, 0.1) is 0 Å². The Balaban J connectivity index is 1.65. The number of imide groups is 1. The zero-order valence-corrected chi connectivity index (χ0v) is 13.8. The van der Waals surface area contributed by atoms with Crippen molar-refractivity contribution in [3.05, 3.63) is 0 Å². The molecule has 1 atom stereocenters. The number of nitrogens with one attached hydrogen (secondary N) is 1. The molecule has 0 radical (unpaired) electrons. The van der Waals surface area contributed by atoms with Crippen molar-refractivity contribution in [2.75, 3.05) is 31.1 Å². The second-order valence-corrected chi connectivity index (χ2v) is 7.83. The summed E-state index contributed by atoms with van der Waals surface area (Å²) >= 11 is 1.80. The molecule has 3 saturated heterocycles. The second kappa shape index (κ2) is 6.10. The van der Waals surface area contributed by atoms with Crippen LogP contribution in [0.5, 0.6) is 0 Å². The maximum Gasteiger partial charge on any atom is 0.325 e. The van der Waals surface area contributed by atoms with Gasteiger partial charge in [-0.05, 0) is 43.1 Å². The number of thioether (sulfide) groups is 1. The fourth-order valence-corrected chi connectivity index (χ4v) is 4.72. The number of carbonyl (C=O) groups is 3. The Labute approximate surface area is 135 Å². The van der Waals surface area contributed by atoms with Crippen molar-refractivity contribution in [3.8, 4) is 0 Å². The van der Waals surface area contributed by atoms with Gasteiger partial charge < -0.3 is 10.2 Å². The lowest BCUT2D eigenvalue weighted by molar-refractivity contribution is -0.140. The van der Waals surface area contributed by atoms with Crippen LogP contribution in [0, 0.1) is 5.92 Å². The molecule has 0 saturated carbocycles. The SMILES string of the molecule is CC1CCCN(C(=O)CN2C(=O)NC3(CCSCC3)C2=O)C1. The third-order valence-electron chi connectivity index (χ3n) is 4.90. The zero-order chi connectivity index (χ0) is 15.7. The van der Waals surface area contributed by atoms with Gasteiger partial charge in [0.25, 0.3) is 5.91 Å². The molecule has 1 unspecified atom stereocenters. The minimum atomic E-state index is -0.752. The first kappa shape index (κ1) is 15.6. The van der Waals surface area contributed by atoms with Crippen molar-refractivity contribution in [3.63, 3.8) is 0 Å². The summed E-state index contributed by atoms with van der Waals surface area (Å²) in [7, 11) is 0. The Morgan fingerprint density at radius 1 is 1.36 bits per heavy atom. The average molecular weight is 325 g/mol.